The summed E-state index contributed by atoms with van der Waals surface area (Å²) in [4.78, 5) is 0. The van der Waals surface area contributed by atoms with E-state index < -0.39 is 0 Å². The summed E-state index contributed by atoms with van der Waals surface area (Å²) < 4.78 is 11.4. The number of rotatable bonds is 6. The molecule has 0 amide bonds. The van der Waals surface area contributed by atoms with Crippen LogP contribution in [0.4, 0.5) is 0 Å². The third-order valence-corrected chi connectivity index (χ3v) is 4.83. The molecule has 0 radical (unpaired) electrons. The Bertz CT molecular complexity index is 243. The number of ether oxygens (including phenoxy) is 2. The number of hydrogen-bond acceptors (Lipinski definition) is 3. The smallest absolute Gasteiger partial charge is 0.0686 e. The van der Waals surface area contributed by atoms with Crippen LogP contribution in [0, 0.1) is 5.92 Å². The standard InChI is InChI=1S/C16H30O3/c1-2-18-11-6-7-15(17)14-8-12-19-16(13-14)9-4-3-5-10-16/h14-15,17H,2-13H2,1H3. The second kappa shape index (κ2) is 7.61. The first kappa shape index (κ1) is 15.3. The van der Waals surface area contributed by atoms with E-state index in [-0.39, 0.29) is 11.7 Å². The lowest BCUT2D eigenvalue weighted by Gasteiger charge is -2.44. The van der Waals surface area contributed by atoms with E-state index in [0.29, 0.717) is 5.92 Å². The molecule has 3 heteroatoms. The van der Waals surface area contributed by atoms with Crippen molar-refractivity contribution >= 4 is 0 Å². The van der Waals surface area contributed by atoms with Gasteiger partial charge in [-0.3, -0.25) is 0 Å². The van der Waals surface area contributed by atoms with Crippen LogP contribution in [0.15, 0.2) is 0 Å². The monoisotopic (exact) mass is 270 g/mol. The van der Waals surface area contributed by atoms with Crippen LogP contribution in [0.1, 0.15) is 64.7 Å². The van der Waals surface area contributed by atoms with Gasteiger partial charge in [0.05, 0.1) is 11.7 Å². The fourth-order valence-corrected chi connectivity index (χ4v) is 3.71. The zero-order valence-corrected chi connectivity index (χ0v) is 12.4. The van der Waals surface area contributed by atoms with Crippen molar-refractivity contribution < 1.29 is 14.6 Å². The molecule has 0 aromatic rings. The van der Waals surface area contributed by atoms with Gasteiger partial charge in [-0.2, -0.15) is 0 Å². The quantitative estimate of drug-likeness (QED) is 0.753. The van der Waals surface area contributed by atoms with Crippen LogP contribution in [-0.2, 0) is 9.47 Å². The van der Waals surface area contributed by atoms with Gasteiger partial charge in [-0.1, -0.05) is 19.3 Å². The normalized spacial score (nSPS) is 28.4. The van der Waals surface area contributed by atoms with Crippen LogP contribution in [0.5, 0.6) is 0 Å². The van der Waals surface area contributed by atoms with Crippen molar-refractivity contribution in [1.82, 2.24) is 0 Å². The maximum absolute atomic E-state index is 10.4. The highest BCUT2D eigenvalue weighted by molar-refractivity contribution is 4.91. The molecule has 1 N–H and O–H groups in total. The summed E-state index contributed by atoms with van der Waals surface area (Å²) in [5, 5.41) is 10.4. The molecule has 1 heterocycles. The average molecular weight is 270 g/mol. The molecule has 3 nitrogen and oxygen atoms in total. The fourth-order valence-electron chi connectivity index (χ4n) is 3.71. The van der Waals surface area contributed by atoms with Crippen molar-refractivity contribution in [3.63, 3.8) is 0 Å². The molecule has 2 atom stereocenters. The summed E-state index contributed by atoms with van der Waals surface area (Å²) in [5.41, 5.74) is 0.113. The van der Waals surface area contributed by atoms with Crippen LogP contribution >= 0.6 is 0 Å². The number of hydrogen-bond donors (Lipinski definition) is 1. The van der Waals surface area contributed by atoms with Gasteiger partial charge in [0.25, 0.3) is 0 Å². The molecule has 0 bridgehead atoms. The zero-order chi connectivity index (χ0) is 13.6. The van der Waals surface area contributed by atoms with Crippen LogP contribution in [-0.4, -0.2) is 36.6 Å². The number of aliphatic hydroxyl groups excluding tert-OH is 1. The van der Waals surface area contributed by atoms with Gasteiger partial charge in [0.1, 0.15) is 0 Å². The van der Waals surface area contributed by atoms with Crippen molar-refractivity contribution in [3.8, 4) is 0 Å². The summed E-state index contributed by atoms with van der Waals surface area (Å²) in [6, 6.07) is 0. The Balaban J connectivity index is 1.76. The first-order valence-electron chi connectivity index (χ1n) is 8.15. The Labute approximate surface area is 117 Å². The van der Waals surface area contributed by atoms with E-state index in [2.05, 4.69) is 0 Å². The molecule has 0 aromatic heterocycles. The summed E-state index contributed by atoms with van der Waals surface area (Å²) >= 11 is 0. The maximum Gasteiger partial charge on any atom is 0.0686 e. The first-order valence-corrected chi connectivity index (χ1v) is 8.15. The largest absolute Gasteiger partial charge is 0.393 e. The third-order valence-electron chi connectivity index (χ3n) is 4.83. The Morgan fingerprint density at radius 3 is 2.84 bits per heavy atom. The maximum atomic E-state index is 10.4. The predicted octanol–water partition coefficient (Wildman–Crippen LogP) is 3.29. The summed E-state index contributed by atoms with van der Waals surface area (Å²) in [6.45, 7) is 4.41. The van der Waals surface area contributed by atoms with Gasteiger partial charge in [0.15, 0.2) is 0 Å². The number of aliphatic hydroxyl groups is 1. The molecular formula is C16H30O3. The Hall–Kier alpha value is -0.120. The summed E-state index contributed by atoms with van der Waals surface area (Å²) in [7, 11) is 0. The molecule has 112 valence electrons. The Morgan fingerprint density at radius 1 is 1.32 bits per heavy atom. The molecule has 2 unspecified atom stereocenters. The lowest BCUT2D eigenvalue weighted by atomic mass is 9.74. The van der Waals surface area contributed by atoms with E-state index >= 15 is 0 Å². The van der Waals surface area contributed by atoms with Crippen molar-refractivity contribution in [1.29, 1.82) is 0 Å². The van der Waals surface area contributed by atoms with E-state index in [1.165, 1.54) is 32.1 Å². The molecule has 1 saturated heterocycles. The highest BCUT2D eigenvalue weighted by Gasteiger charge is 2.40. The van der Waals surface area contributed by atoms with Crippen molar-refractivity contribution in [3.05, 3.63) is 0 Å². The lowest BCUT2D eigenvalue weighted by molar-refractivity contribution is -0.134. The summed E-state index contributed by atoms with van der Waals surface area (Å²) in [5.74, 6) is 0.438. The van der Waals surface area contributed by atoms with Gasteiger partial charge in [0.2, 0.25) is 0 Å². The molecular weight excluding hydrogens is 240 g/mol. The molecule has 2 aliphatic rings. The van der Waals surface area contributed by atoms with Crippen molar-refractivity contribution in [2.75, 3.05) is 19.8 Å². The summed E-state index contributed by atoms with van der Waals surface area (Å²) in [6.07, 6.45) is 10.1. The van der Waals surface area contributed by atoms with Gasteiger partial charge in [-0.25, -0.2) is 0 Å². The van der Waals surface area contributed by atoms with Crippen molar-refractivity contribution in [2.45, 2.75) is 76.4 Å². The first-order chi connectivity index (χ1) is 9.26. The third kappa shape index (κ3) is 4.44. The molecule has 1 aliphatic heterocycles. The molecule has 1 saturated carbocycles. The molecule has 0 aromatic carbocycles. The molecule has 2 fully saturated rings. The molecule has 1 aliphatic carbocycles. The second-order valence-electron chi connectivity index (χ2n) is 6.25. The molecule has 19 heavy (non-hydrogen) atoms. The average Bonchev–Trinajstić information content (AvgIpc) is 2.44. The van der Waals surface area contributed by atoms with Gasteiger partial charge in [-0.15, -0.1) is 0 Å². The van der Waals surface area contributed by atoms with Crippen LogP contribution in [0.25, 0.3) is 0 Å². The SMILES string of the molecule is CCOCCCC(O)C1CCOC2(CCCCC2)C1. The van der Waals surface area contributed by atoms with Gasteiger partial charge in [-0.05, 0) is 51.4 Å². The van der Waals surface area contributed by atoms with Crippen LogP contribution in [0.3, 0.4) is 0 Å². The van der Waals surface area contributed by atoms with E-state index in [1.54, 1.807) is 0 Å². The van der Waals surface area contributed by atoms with Gasteiger partial charge in [0, 0.05) is 19.8 Å². The lowest BCUT2D eigenvalue weighted by Crippen LogP contribution is -2.44. The predicted molar refractivity (Wildman–Crippen MR) is 76.2 cm³/mol. The fraction of sp³-hybridized carbons (Fsp3) is 1.00. The Morgan fingerprint density at radius 2 is 2.11 bits per heavy atom. The van der Waals surface area contributed by atoms with Gasteiger partial charge >= 0.3 is 0 Å². The van der Waals surface area contributed by atoms with E-state index in [4.69, 9.17) is 9.47 Å². The molecule has 2 rings (SSSR count). The Kier molecular flexibility index (Phi) is 6.11. The highest BCUT2D eigenvalue weighted by Crippen LogP contribution is 2.41. The van der Waals surface area contributed by atoms with Crippen LogP contribution in [0.2, 0.25) is 0 Å². The minimum absolute atomic E-state index is 0.113. The minimum atomic E-state index is -0.164. The van der Waals surface area contributed by atoms with Crippen molar-refractivity contribution in [2.24, 2.45) is 5.92 Å². The van der Waals surface area contributed by atoms with E-state index in [1.807, 2.05) is 6.92 Å². The topological polar surface area (TPSA) is 38.7 Å². The second-order valence-corrected chi connectivity index (χ2v) is 6.25. The van der Waals surface area contributed by atoms with E-state index in [0.717, 1.165) is 45.5 Å². The zero-order valence-electron chi connectivity index (χ0n) is 12.4. The van der Waals surface area contributed by atoms with Crippen LogP contribution < -0.4 is 0 Å². The van der Waals surface area contributed by atoms with Gasteiger partial charge < -0.3 is 14.6 Å². The van der Waals surface area contributed by atoms with E-state index in [9.17, 15) is 5.11 Å². The minimum Gasteiger partial charge on any atom is -0.393 e. The highest BCUT2D eigenvalue weighted by atomic mass is 16.5. The molecule has 1 spiro atoms.